The van der Waals surface area contributed by atoms with Gasteiger partial charge in [-0.25, -0.2) is 4.98 Å². The van der Waals surface area contributed by atoms with Gasteiger partial charge < -0.3 is 10.4 Å². The largest absolute Gasteiger partial charge is 0.508 e. The summed E-state index contributed by atoms with van der Waals surface area (Å²) in [5.74, 6) is 1.02. The molecule has 0 unspecified atom stereocenters. The third-order valence-corrected chi connectivity index (χ3v) is 5.70. The summed E-state index contributed by atoms with van der Waals surface area (Å²) in [5, 5.41) is 12.6. The fraction of sp³-hybridized carbons (Fsp3) is 0.111. The molecule has 3 aromatic rings. The summed E-state index contributed by atoms with van der Waals surface area (Å²) < 4.78 is 2.94. The number of carbonyl (C=O) groups is 1. The zero-order valence-corrected chi connectivity index (χ0v) is 15.4. The number of imidazole rings is 1. The number of aromatic hydroxyl groups is 1. The maximum atomic E-state index is 12.1. The smallest absolute Gasteiger partial charge is 0.235 e. The average Bonchev–Trinajstić information content (AvgIpc) is 2.91. The minimum Gasteiger partial charge on any atom is -0.508 e. The molecule has 0 spiro atoms. The number of phenols is 1. The first-order chi connectivity index (χ1) is 12.1. The Kier molecular flexibility index (Phi) is 4.27. The maximum absolute atomic E-state index is 12.1. The number of hydrogen-bond donors (Lipinski definition) is 2. The zero-order chi connectivity index (χ0) is 17.4. The predicted octanol–water partition coefficient (Wildman–Crippen LogP) is 4.12. The van der Waals surface area contributed by atoms with Crippen molar-refractivity contribution in [3.05, 3.63) is 70.6 Å². The number of benzene rings is 2. The summed E-state index contributed by atoms with van der Waals surface area (Å²) in [7, 11) is 0. The van der Waals surface area contributed by atoms with Crippen LogP contribution in [0.25, 0.3) is 5.69 Å². The summed E-state index contributed by atoms with van der Waals surface area (Å²) in [5.41, 5.74) is 2.77. The number of phenolic OH excluding ortho intramolecular Hbond substituents is 1. The monoisotopic (exact) mass is 415 g/mol. The quantitative estimate of drug-likeness (QED) is 0.660. The molecule has 1 aromatic heterocycles. The molecule has 1 aliphatic rings. The lowest BCUT2D eigenvalue weighted by atomic mass is 10.1. The van der Waals surface area contributed by atoms with Crippen LogP contribution in [-0.2, 0) is 4.79 Å². The number of hydrogen-bond acceptors (Lipinski definition) is 4. The molecule has 7 heteroatoms. The van der Waals surface area contributed by atoms with E-state index in [-0.39, 0.29) is 16.9 Å². The van der Waals surface area contributed by atoms with Crippen LogP contribution in [0.4, 0.5) is 5.82 Å². The van der Waals surface area contributed by atoms with Gasteiger partial charge >= 0.3 is 0 Å². The van der Waals surface area contributed by atoms with Crippen molar-refractivity contribution in [3.63, 3.8) is 0 Å². The van der Waals surface area contributed by atoms with E-state index in [1.54, 1.807) is 18.5 Å². The molecule has 1 atom stereocenters. The van der Waals surface area contributed by atoms with Crippen molar-refractivity contribution in [3.8, 4) is 11.4 Å². The summed E-state index contributed by atoms with van der Waals surface area (Å²) in [4.78, 5) is 16.5. The van der Waals surface area contributed by atoms with Gasteiger partial charge in [0, 0.05) is 10.2 Å². The van der Waals surface area contributed by atoms with Crippen LogP contribution in [-0.4, -0.2) is 26.3 Å². The molecule has 126 valence electrons. The normalized spacial score (nSPS) is 16.8. The van der Waals surface area contributed by atoms with Gasteiger partial charge in [-0.2, -0.15) is 0 Å². The summed E-state index contributed by atoms with van der Waals surface area (Å²) >= 11 is 5.02. The van der Waals surface area contributed by atoms with Crippen molar-refractivity contribution in [2.75, 3.05) is 11.1 Å². The number of nitrogens with one attached hydrogen (secondary N) is 1. The van der Waals surface area contributed by atoms with E-state index in [1.165, 1.54) is 11.8 Å². The van der Waals surface area contributed by atoms with Crippen molar-refractivity contribution in [1.29, 1.82) is 0 Å². The van der Waals surface area contributed by atoms with Crippen molar-refractivity contribution >= 4 is 39.4 Å². The van der Waals surface area contributed by atoms with Crippen molar-refractivity contribution < 1.29 is 9.90 Å². The summed E-state index contributed by atoms with van der Waals surface area (Å²) in [6, 6.07) is 15.0. The second-order valence-corrected chi connectivity index (χ2v) is 7.67. The Morgan fingerprint density at radius 2 is 2.08 bits per heavy atom. The number of rotatable bonds is 2. The maximum Gasteiger partial charge on any atom is 0.235 e. The van der Waals surface area contributed by atoms with Crippen LogP contribution in [0.15, 0.2) is 59.3 Å². The van der Waals surface area contributed by atoms with Crippen LogP contribution < -0.4 is 5.32 Å². The molecular formula is C18H14BrN3O2S. The molecule has 1 aliphatic heterocycles. The number of carbonyl (C=O) groups excluding carboxylic acids is 1. The van der Waals surface area contributed by atoms with E-state index in [1.807, 2.05) is 41.0 Å². The van der Waals surface area contributed by atoms with E-state index in [0.29, 0.717) is 11.6 Å². The molecule has 5 nitrogen and oxygen atoms in total. The third kappa shape index (κ3) is 3.17. The van der Waals surface area contributed by atoms with Gasteiger partial charge in [0.05, 0.1) is 16.7 Å². The van der Waals surface area contributed by atoms with Gasteiger partial charge in [0.1, 0.15) is 12.1 Å². The van der Waals surface area contributed by atoms with Crippen LogP contribution >= 0.6 is 27.7 Å². The topological polar surface area (TPSA) is 67.1 Å². The fourth-order valence-corrected chi connectivity index (χ4v) is 4.38. The first-order valence-corrected chi connectivity index (χ1v) is 9.49. The van der Waals surface area contributed by atoms with Crippen LogP contribution in [0.2, 0.25) is 0 Å². The Morgan fingerprint density at radius 1 is 1.24 bits per heavy atom. The predicted molar refractivity (Wildman–Crippen MR) is 102 cm³/mol. The van der Waals surface area contributed by atoms with Crippen molar-refractivity contribution in [1.82, 2.24) is 9.55 Å². The van der Waals surface area contributed by atoms with E-state index in [0.717, 1.165) is 21.4 Å². The molecule has 2 heterocycles. The van der Waals surface area contributed by atoms with Crippen LogP contribution in [0.1, 0.15) is 16.5 Å². The molecular weight excluding hydrogens is 402 g/mol. The molecule has 0 saturated heterocycles. The lowest BCUT2D eigenvalue weighted by molar-refractivity contribution is -0.113. The van der Waals surface area contributed by atoms with Gasteiger partial charge in [-0.1, -0.05) is 34.1 Å². The van der Waals surface area contributed by atoms with Crippen LogP contribution in [0.3, 0.4) is 0 Å². The number of thioether (sulfide) groups is 1. The van der Waals surface area contributed by atoms with E-state index in [4.69, 9.17) is 0 Å². The first-order valence-electron chi connectivity index (χ1n) is 7.65. The minimum atomic E-state index is -0.123. The molecule has 1 amide bonds. The van der Waals surface area contributed by atoms with E-state index in [2.05, 4.69) is 26.2 Å². The van der Waals surface area contributed by atoms with Gasteiger partial charge in [-0.05, 0) is 35.9 Å². The molecule has 0 aliphatic carbocycles. The Labute approximate surface area is 157 Å². The second kappa shape index (κ2) is 6.57. The van der Waals surface area contributed by atoms with E-state index >= 15 is 0 Å². The van der Waals surface area contributed by atoms with E-state index in [9.17, 15) is 9.90 Å². The molecule has 0 saturated carbocycles. The average molecular weight is 416 g/mol. The molecule has 0 radical (unpaired) electrons. The number of anilines is 1. The number of nitrogens with zero attached hydrogens (tertiary/aromatic N) is 2. The number of amides is 1. The molecule has 0 fully saturated rings. The third-order valence-electron chi connectivity index (χ3n) is 3.95. The number of fused-ring (bicyclic) bond motifs is 1. The van der Waals surface area contributed by atoms with Gasteiger partial charge in [-0.3, -0.25) is 9.36 Å². The van der Waals surface area contributed by atoms with Crippen LogP contribution in [0.5, 0.6) is 5.75 Å². The lowest BCUT2D eigenvalue weighted by Gasteiger charge is -2.18. The second-order valence-electron chi connectivity index (χ2n) is 5.66. The van der Waals surface area contributed by atoms with E-state index < -0.39 is 0 Å². The first kappa shape index (κ1) is 16.2. The standard InChI is InChI=1S/C18H14BrN3O2S/c19-12-4-2-5-13(8-12)22-10-20-18-16(22)17(25-9-15(24)21-18)11-3-1-6-14(23)7-11/h1-8,10,17,23H,9H2,(H,21,24)/t17-/m0/s1. The minimum absolute atomic E-state index is 0.0756. The van der Waals surface area contributed by atoms with Gasteiger partial charge in [0.15, 0.2) is 5.82 Å². The van der Waals surface area contributed by atoms with Crippen molar-refractivity contribution in [2.45, 2.75) is 5.25 Å². The Morgan fingerprint density at radius 3 is 2.88 bits per heavy atom. The molecule has 4 rings (SSSR count). The fourth-order valence-electron chi connectivity index (χ4n) is 2.88. The highest BCUT2D eigenvalue weighted by atomic mass is 79.9. The van der Waals surface area contributed by atoms with Crippen molar-refractivity contribution in [2.24, 2.45) is 0 Å². The molecule has 2 aromatic carbocycles. The van der Waals surface area contributed by atoms with Crippen LogP contribution in [0, 0.1) is 0 Å². The molecule has 25 heavy (non-hydrogen) atoms. The number of halogens is 1. The number of aromatic nitrogens is 2. The highest BCUT2D eigenvalue weighted by Gasteiger charge is 2.29. The molecule has 2 N–H and O–H groups in total. The van der Waals surface area contributed by atoms with Gasteiger partial charge in [0.25, 0.3) is 0 Å². The lowest BCUT2D eigenvalue weighted by Crippen LogP contribution is -2.12. The highest BCUT2D eigenvalue weighted by molar-refractivity contribution is 9.10. The highest BCUT2D eigenvalue weighted by Crippen LogP contribution is 2.42. The Bertz CT molecular complexity index is 957. The summed E-state index contributed by atoms with van der Waals surface area (Å²) in [6.07, 6.45) is 1.72. The van der Waals surface area contributed by atoms with Gasteiger partial charge in [0.2, 0.25) is 5.91 Å². The Balaban J connectivity index is 1.89. The zero-order valence-electron chi connectivity index (χ0n) is 13.0. The SMILES string of the molecule is O=C1CS[C@@H](c2cccc(O)c2)c2c(ncn2-c2cccc(Br)c2)N1. The Hall–Kier alpha value is -2.25. The summed E-state index contributed by atoms with van der Waals surface area (Å²) in [6.45, 7) is 0. The van der Waals surface area contributed by atoms with Gasteiger partial charge in [-0.15, -0.1) is 11.8 Å². The molecule has 0 bridgehead atoms.